The van der Waals surface area contributed by atoms with Crippen LogP contribution >= 0.6 is 22.9 Å². The molecule has 2 aromatic carbocycles. The molecule has 0 bridgehead atoms. The first-order valence-corrected chi connectivity index (χ1v) is 13.2. The molecule has 0 saturated carbocycles. The highest BCUT2D eigenvalue weighted by Crippen LogP contribution is 2.39. The van der Waals surface area contributed by atoms with Crippen LogP contribution in [0, 0.1) is 0 Å². The molecule has 0 spiro atoms. The van der Waals surface area contributed by atoms with Crippen molar-refractivity contribution in [2.45, 2.75) is 39.1 Å². The van der Waals surface area contributed by atoms with E-state index < -0.39 is 34.2 Å². The molecule has 0 unspecified atom stereocenters. The van der Waals surface area contributed by atoms with Crippen LogP contribution in [0.15, 0.2) is 47.4 Å². The van der Waals surface area contributed by atoms with Crippen molar-refractivity contribution in [3.63, 3.8) is 0 Å². The van der Waals surface area contributed by atoms with Gasteiger partial charge in [-0.3, -0.25) is 14.5 Å². The summed E-state index contributed by atoms with van der Waals surface area (Å²) in [5.41, 5.74) is -0.540. The Bertz CT molecular complexity index is 1650. The smallest absolute Gasteiger partial charge is 0.417 e. The van der Waals surface area contributed by atoms with Crippen LogP contribution in [0.5, 0.6) is 5.88 Å². The van der Waals surface area contributed by atoms with Gasteiger partial charge in [-0.2, -0.15) is 18.3 Å². The van der Waals surface area contributed by atoms with E-state index in [0.717, 1.165) is 10.6 Å². The number of likely N-dealkylation sites (N-methyl/N-ethyl adjacent to an activating group) is 1. The summed E-state index contributed by atoms with van der Waals surface area (Å²) in [6, 6.07) is 8.43. The van der Waals surface area contributed by atoms with Gasteiger partial charge in [0, 0.05) is 36.1 Å². The minimum absolute atomic E-state index is 0.0357. The number of aromatic amines is 1. The van der Waals surface area contributed by atoms with Crippen LogP contribution in [0.1, 0.15) is 42.3 Å². The lowest BCUT2D eigenvalue weighted by Crippen LogP contribution is -2.36. The monoisotopic (exact) mass is 594 g/mol. The van der Waals surface area contributed by atoms with Crippen molar-refractivity contribution in [1.29, 1.82) is 0 Å². The number of thiazole rings is 1. The highest BCUT2D eigenvalue weighted by Gasteiger charge is 2.33. The van der Waals surface area contributed by atoms with E-state index in [4.69, 9.17) is 16.3 Å². The minimum Gasteiger partial charge on any atom is -0.493 e. The van der Waals surface area contributed by atoms with Crippen molar-refractivity contribution in [2.75, 3.05) is 13.6 Å². The van der Waals surface area contributed by atoms with Gasteiger partial charge < -0.3 is 14.7 Å². The molecule has 0 aliphatic carbocycles. The molecule has 0 atom stereocenters. The third kappa shape index (κ3) is 6.50. The lowest BCUT2D eigenvalue weighted by molar-refractivity contribution is -0.137. The topological polar surface area (TPSA) is 100 Å². The fourth-order valence-corrected chi connectivity index (χ4v) is 5.02. The number of aromatic hydroxyl groups is 1. The zero-order valence-corrected chi connectivity index (χ0v) is 23.5. The second-order valence-corrected chi connectivity index (χ2v) is 11.4. The number of hydrogen-bond donors (Lipinski definition) is 2. The van der Waals surface area contributed by atoms with Crippen LogP contribution in [0.2, 0.25) is 5.02 Å². The van der Waals surface area contributed by atoms with Gasteiger partial charge in [-0.15, -0.1) is 0 Å². The Kier molecular flexibility index (Phi) is 8.04. The summed E-state index contributed by atoms with van der Waals surface area (Å²) in [5, 5.41) is 18.5. The van der Waals surface area contributed by atoms with Crippen LogP contribution in [0.25, 0.3) is 22.6 Å². The number of fused-ring (bicyclic) bond motifs is 1. The van der Waals surface area contributed by atoms with E-state index in [2.05, 4.69) is 10.2 Å². The number of ether oxygens (including phenoxy) is 1. The lowest BCUT2D eigenvalue weighted by Gasteiger charge is -2.24. The third-order valence-corrected chi connectivity index (χ3v) is 7.09. The molecule has 2 aromatic heterocycles. The Morgan fingerprint density at radius 2 is 1.95 bits per heavy atom. The van der Waals surface area contributed by atoms with Crippen molar-refractivity contribution in [3.8, 4) is 5.88 Å². The van der Waals surface area contributed by atoms with Crippen molar-refractivity contribution >= 4 is 51.6 Å². The fourth-order valence-electron chi connectivity index (χ4n) is 3.90. The van der Waals surface area contributed by atoms with Crippen LogP contribution in [-0.4, -0.2) is 50.1 Å². The van der Waals surface area contributed by atoms with E-state index in [0.29, 0.717) is 27.8 Å². The number of carbonyl (C=O) groups excluding carboxylic acids is 1. The Morgan fingerprint density at radius 1 is 1.23 bits per heavy atom. The summed E-state index contributed by atoms with van der Waals surface area (Å²) >= 11 is 6.54. The first kappa shape index (κ1) is 29.2. The molecular weight excluding hydrogens is 569 g/mol. The van der Waals surface area contributed by atoms with Gasteiger partial charge in [-0.25, -0.2) is 4.79 Å². The number of benzene rings is 2. The number of aromatic nitrogens is 3. The van der Waals surface area contributed by atoms with E-state index in [9.17, 15) is 27.9 Å². The molecule has 0 fully saturated rings. The van der Waals surface area contributed by atoms with E-state index >= 15 is 0 Å². The molecule has 0 aliphatic heterocycles. The number of amides is 1. The molecule has 0 saturated heterocycles. The van der Waals surface area contributed by atoms with E-state index in [1.165, 1.54) is 30.2 Å². The Morgan fingerprint density at radius 3 is 2.62 bits per heavy atom. The zero-order chi connectivity index (χ0) is 29.4. The van der Waals surface area contributed by atoms with Crippen molar-refractivity contribution in [1.82, 2.24) is 19.7 Å². The fraction of sp³-hybridized carbons (Fsp3) is 0.296. The number of hydrogen-bond acceptors (Lipinski definition) is 6. The van der Waals surface area contributed by atoms with Gasteiger partial charge in [0.1, 0.15) is 10.5 Å². The normalized spacial score (nSPS) is 12.7. The molecule has 2 N–H and O–H groups in total. The summed E-state index contributed by atoms with van der Waals surface area (Å²) in [7, 11) is 1.49. The first-order chi connectivity index (χ1) is 18.6. The van der Waals surface area contributed by atoms with Crippen LogP contribution in [0.3, 0.4) is 0 Å². The van der Waals surface area contributed by atoms with Gasteiger partial charge in [0.25, 0.3) is 0 Å². The lowest BCUT2D eigenvalue weighted by atomic mass is 9.97. The summed E-state index contributed by atoms with van der Waals surface area (Å²) in [4.78, 5) is 26.0. The molecule has 4 rings (SSSR count). The number of carbonyl (C=O) groups is 1. The maximum absolute atomic E-state index is 13.9. The summed E-state index contributed by atoms with van der Waals surface area (Å²) in [6.07, 6.45) is -2.49. The van der Waals surface area contributed by atoms with Gasteiger partial charge in [-0.1, -0.05) is 35.1 Å². The highest BCUT2D eigenvalue weighted by molar-refractivity contribution is 7.11. The number of rotatable bonds is 6. The number of nitrogens with one attached hydrogen (secondary N) is 1. The van der Waals surface area contributed by atoms with Gasteiger partial charge in [-0.05, 0) is 62.2 Å². The van der Waals surface area contributed by atoms with Gasteiger partial charge >= 0.3 is 17.1 Å². The Labute approximate surface area is 236 Å². The van der Waals surface area contributed by atoms with Gasteiger partial charge in [0.05, 0.1) is 17.3 Å². The van der Waals surface area contributed by atoms with Crippen LogP contribution in [-0.2, 0) is 17.5 Å². The molecule has 0 aliphatic rings. The molecule has 212 valence electrons. The quantitative estimate of drug-likeness (QED) is 0.244. The number of alkyl halides is 3. The maximum Gasteiger partial charge on any atom is 0.417 e. The van der Waals surface area contributed by atoms with Crippen molar-refractivity contribution in [3.05, 3.63) is 78.9 Å². The van der Waals surface area contributed by atoms with E-state index in [1.54, 1.807) is 45.2 Å². The van der Waals surface area contributed by atoms with Gasteiger partial charge in [0.15, 0.2) is 0 Å². The van der Waals surface area contributed by atoms with Crippen LogP contribution in [0.4, 0.5) is 18.0 Å². The SMILES string of the molecule is CN(CCn1c(O)c(C(=Cc2ccc(Cl)cc2C(F)(F)F)c2ccc3[nH]ncc3c2)sc1=O)C(=O)OC(C)(C)C. The van der Waals surface area contributed by atoms with E-state index in [1.807, 2.05) is 0 Å². The largest absolute Gasteiger partial charge is 0.493 e. The summed E-state index contributed by atoms with van der Waals surface area (Å²) in [6.45, 7) is 5.13. The number of nitrogens with zero attached hydrogens (tertiary/aromatic N) is 3. The average molecular weight is 595 g/mol. The third-order valence-electron chi connectivity index (χ3n) is 5.85. The second-order valence-electron chi connectivity index (χ2n) is 10.0. The Hall–Kier alpha value is -3.77. The predicted molar refractivity (Wildman–Crippen MR) is 149 cm³/mol. The molecule has 13 heteroatoms. The standard InChI is InChI=1S/C27H26ClF3N4O4S/c1-26(2,3)39-24(37)34(4)9-10-35-23(36)22(40-25(35)38)19(15-6-8-21-17(11-15)14-32-33-21)12-16-5-7-18(28)13-20(16)27(29,30)31/h5-8,11-14,36H,9-10H2,1-4H3,(H,32,33). The second kappa shape index (κ2) is 11.0. The average Bonchev–Trinajstić information content (AvgIpc) is 3.43. The molecule has 1 amide bonds. The molecule has 8 nitrogen and oxygen atoms in total. The summed E-state index contributed by atoms with van der Waals surface area (Å²) in [5.74, 6) is -0.436. The molecule has 4 aromatic rings. The molecule has 40 heavy (non-hydrogen) atoms. The van der Waals surface area contributed by atoms with Crippen LogP contribution < -0.4 is 4.87 Å². The molecule has 0 radical (unpaired) electrons. The maximum atomic E-state index is 13.9. The Balaban J connectivity index is 1.80. The van der Waals surface area contributed by atoms with E-state index in [-0.39, 0.29) is 34.1 Å². The predicted octanol–water partition coefficient (Wildman–Crippen LogP) is 6.62. The van der Waals surface area contributed by atoms with Crippen molar-refractivity contribution in [2.24, 2.45) is 0 Å². The molecule has 2 heterocycles. The minimum atomic E-state index is -4.70. The summed E-state index contributed by atoms with van der Waals surface area (Å²) < 4.78 is 48.1. The molecular formula is C27H26ClF3N4O4S. The zero-order valence-electron chi connectivity index (χ0n) is 22.0. The first-order valence-electron chi connectivity index (χ1n) is 12.0. The van der Waals surface area contributed by atoms with Gasteiger partial charge in [0.2, 0.25) is 5.88 Å². The number of halogens is 4. The number of H-pyrrole nitrogens is 1. The highest BCUT2D eigenvalue weighted by atomic mass is 35.5. The van der Waals surface area contributed by atoms with Crippen molar-refractivity contribution < 1.29 is 27.8 Å².